The standard InChI is InChI=1S/C20H17BrN6O/c21-15-3-5-16(6-4-15)25-20(28)24-12-13-27-18(14-7-10-22-11-8-14)26-17-2-1-9-23-19(17)27/h1-11H,12-13H2,(H2,24,25,28). The molecule has 2 N–H and O–H groups in total. The fourth-order valence-corrected chi connectivity index (χ4v) is 3.15. The Hall–Kier alpha value is -3.26. The second-order valence-corrected chi connectivity index (χ2v) is 6.97. The summed E-state index contributed by atoms with van der Waals surface area (Å²) in [6.07, 6.45) is 5.21. The average Bonchev–Trinajstić information content (AvgIpc) is 3.09. The van der Waals surface area contributed by atoms with Gasteiger partial charge >= 0.3 is 6.03 Å². The van der Waals surface area contributed by atoms with Gasteiger partial charge < -0.3 is 15.2 Å². The second-order valence-electron chi connectivity index (χ2n) is 6.06. The van der Waals surface area contributed by atoms with Crippen LogP contribution < -0.4 is 10.6 Å². The molecule has 0 unspecified atom stereocenters. The van der Waals surface area contributed by atoms with E-state index in [0.29, 0.717) is 13.1 Å². The predicted molar refractivity (Wildman–Crippen MR) is 112 cm³/mol. The molecular formula is C20H17BrN6O. The van der Waals surface area contributed by atoms with Crippen LogP contribution in [0.1, 0.15) is 0 Å². The lowest BCUT2D eigenvalue weighted by Crippen LogP contribution is -2.31. The highest BCUT2D eigenvalue weighted by molar-refractivity contribution is 9.10. The van der Waals surface area contributed by atoms with Crippen molar-refractivity contribution in [1.82, 2.24) is 24.8 Å². The molecule has 0 aliphatic carbocycles. The summed E-state index contributed by atoms with van der Waals surface area (Å²) in [6.45, 7) is 0.974. The van der Waals surface area contributed by atoms with Gasteiger partial charge in [0.1, 0.15) is 11.3 Å². The quantitative estimate of drug-likeness (QED) is 0.493. The number of urea groups is 1. The molecule has 0 fully saturated rings. The number of fused-ring (bicyclic) bond motifs is 1. The zero-order valence-electron chi connectivity index (χ0n) is 14.8. The zero-order chi connectivity index (χ0) is 19.3. The summed E-state index contributed by atoms with van der Waals surface area (Å²) in [5, 5.41) is 5.69. The van der Waals surface area contributed by atoms with Gasteiger partial charge in [-0.1, -0.05) is 15.9 Å². The van der Waals surface area contributed by atoms with Gasteiger partial charge in [-0.25, -0.2) is 14.8 Å². The minimum Gasteiger partial charge on any atom is -0.336 e. The minimum atomic E-state index is -0.259. The third-order valence-corrected chi connectivity index (χ3v) is 4.69. The Kier molecular flexibility index (Phi) is 5.29. The smallest absolute Gasteiger partial charge is 0.319 e. The molecular weight excluding hydrogens is 420 g/mol. The summed E-state index contributed by atoms with van der Waals surface area (Å²) < 4.78 is 2.96. The summed E-state index contributed by atoms with van der Waals surface area (Å²) in [6, 6.07) is 14.8. The first-order valence-corrected chi connectivity index (χ1v) is 9.52. The first-order valence-electron chi connectivity index (χ1n) is 8.73. The van der Waals surface area contributed by atoms with Crippen molar-refractivity contribution < 1.29 is 4.79 Å². The SMILES string of the molecule is O=C(NCCn1c(-c2ccncc2)nc2cccnc21)Nc1ccc(Br)cc1. The maximum Gasteiger partial charge on any atom is 0.319 e. The van der Waals surface area contributed by atoms with Crippen LogP contribution in [-0.4, -0.2) is 32.1 Å². The fourth-order valence-electron chi connectivity index (χ4n) is 2.88. The van der Waals surface area contributed by atoms with Crippen LogP contribution in [0.3, 0.4) is 0 Å². The molecule has 0 spiro atoms. The molecule has 4 aromatic rings. The number of nitrogens with zero attached hydrogens (tertiary/aromatic N) is 4. The van der Waals surface area contributed by atoms with Crippen molar-refractivity contribution in [2.24, 2.45) is 0 Å². The number of anilines is 1. The molecule has 3 aromatic heterocycles. The number of carbonyl (C=O) groups excluding carboxylic acids is 1. The van der Waals surface area contributed by atoms with Gasteiger partial charge in [0.2, 0.25) is 0 Å². The van der Waals surface area contributed by atoms with Crippen molar-refractivity contribution in [3.05, 3.63) is 71.6 Å². The molecule has 4 rings (SSSR count). The number of pyridine rings is 2. The number of nitrogens with one attached hydrogen (secondary N) is 2. The van der Waals surface area contributed by atoms with E-state index in [4.69, 9.17) is 4.98 Å². The molecule has 28 heavy (non-hydrogen) atoms. The Balaban J connectivity index is 1.48. The summed E-state index contributed by atoms with van der Waals surface area (Å²) in [5.41, 5.74) is 3.28. The Bertz CT molecular complexity index is 1090. The number of benzene rings is 1. The van der Waals surface area contributed by atoms with E-state index in [-0.39, 0.29) is 6.03 Å². The van der Waals surface area contributed by atoms with E-state index in [0.717, 1.165) is 32.7 Å². The van der Waals surface area contributed by atoms with Crippen molar-refractivity contribution in [2.75, 3.05) is 11.9 Å². The molecule has 0 aliphatic rings. The Morgan fingerprint density at radius 3 is 2.61 bits per heavy atom. The maximum absolute atomic E-state index is 12.2. The third kappa shape index (κ3) is 4.01. The molecule has 7 nitrogen and oxygen atoms in total. The van der Waals surface area contributed by atoms with Gasteiger partial charge in [-0.05, 0) is 48.5 Å². The van der Waals surface area contributed by atoms with Crippen LogP contribution in [0.4, 0.5) is 10.5 Å². The summed E-state index contributed by atoms with van der Waals surface area (Å²) in [4.78, 5) is 25.4. The van der Waals surface area contributed by atoms with Crippen LogP contribution in [0.5, 0.6) is 0 Å². The molecule has 0 aliphatic heterocycles. The van der Waals surface area contributed by atoms with Crippen molar-refractivity contribution in [2.45, 2.75) is 6.54 Å². The summed E-state index contributed by atoms with van der Waals surface area (Å²) >= 11 is 3.37. The molecule has 2 amide bonds. The topological polar surface area (TPSA) is 84.7 Å². The minimum absolute atomic E-state index is 0.259. The molecule has 0 atom stereocenters. The van der Waals surface area contributed by atoms with Gasteiger partial charge in [-0.3, -0.25) is 4.98 Å². The normalized spacial score (nSPS) is 10.8. The van der Waals surface area contributed by atoms with E-state index in [1.807, 2.05) is 53.1 Å². The van der Waals surface area contributed by atoms with Gasteiger partial charge in [0, 0.05) is 47.4 Å². The third-order valence-electron chi connectivity index (χ3n) is 4.17. The van der Waals surface area contributed by atoms with Gasteiger partial charge in [-0.2, -0.15) is 0 Å². The Morgan fingerprint density at radius 1 is 1.04 bits per heavy atom. The molecule has 0 saturated carbocycles. The molecule has 0 bridgehead atoms. The maximum atomic E-state index is 12.2. The number of halogens is 1. The second kappa shape index (κ2) is 8.18. The van der Waals surface area contributed by atoms with Gasteiger partial charge in [0.15, 0.2) is 5.65 Å². The largest absolute Gasteiger partial charge is 0.336 e. The lowest BCUT2D eigenvalue weighted by atomic mass is 10.2. The van der Waals surface area contributed by atoms with E-state index in [1.165, 1.54) is 0 Å². The van der Waals surface area contributed by atoms with Crippen molar-refractivity contribution in [3.8, 4) is 11.4 Å². The van der Waals surface area contributed by atoms with E-state index in [1.54, 1.807) is 18.6 Å². The lowest BCUT2D eigenvalue weighted by Gasteiger charge is -2.11. The molecule has 8 heteroatoms. The van der Waals surface area contributed by atoms with Crippen LogP contribution in [0, 0.1) is 0 Å². The van der Waals surface area contributed by atoms with E-state index in [2.05, 4.69) is 36.5 Å². The van der Waals surface area contributed by atoms with Crippen LogP contribution >= 0.6 is 15.9 Å². The Labute approximate surface area is 170 Å². The number of rotatable bonds is 5. The first-order chi connectivity index (χ1) is 13.7. The number of amides is 2. The summed E-state index contributed by atoms with van der Waals surface area (Å²) in [5.74, 6) is 0.797. The Morgan fingerprint density at radius 2 is 1.82 bits per heavy atom. The monoisotopic (exact) mass is 436 g/mol. The van der Waals surface area contributed by atoms with Crippen molar-refractivity contribution in [3.63, 3.8) is 0 Å². The summed E-state index contributed by atoms with van der Waals surface area (Å²) in [7, 11) is 0. The molecule has 1 aromatic carbocycles. The van der Waals surface area contributed by atoms with Gasteiger partial charge in [-0.15, -0.1) is 0 Å². The van der Waals surface area contributed by atoms with Crippen molar-refractivity contribution in [1.29, 1.82) is 0 Å². The van der Waals surface area contributed by atoms with Crippen molar-refractivity contribution >= 4 is 38.8 Å². The molecule has 0 radical (unpaired) electrons. The van der Waals surface area contributed by atoms with Crippen LogP contribution in [-0.2, 0) is 6.54 Å². The highest BCUT2D eigenvalue weighted by Crippen LogP contribution is 2.22. The number of carbonyl (C=O) groups is 1. The molecule has 140 valence electrons. The van der Waals surface area contributed by atoms with Crippen LogP contribution in [0.2, 0.25) is 0 Å². The molecule has 0 saturated heterocycles. The van der Waals surface area contributed by atoms with E-state index in [9.17, 15) is 4.79 Å². The zero-order valence-corrected chi connectivity index (χ0v) is 16.4. The first kappa shape index (κ1) is 18.1. The number of aromatic nitrogens is 4. The number of imidazole rings is 1. The fraction of sp³-hybridized carbons (Fsp3) is 0.100. The number of hydrogen-bond donors (Lipinski definition) is 2. The highest BCUT2D eigenvalue weighted by Gasteiger charge is 2.13. The van der Waals surface area contributed by atoms with E-state index >= 15 is 0 Å². The van der Waals surface area contributed by atoms with Crippen LogP contribution in [0.15, 0.2) is 71.6 Å². The lowest BCUT2D eigenvalue weighted by molar-refractivity contribution is 0.251. The van der Waals surface area contributed by atoms with Crippen LogP contribution in [0.25, 0.3) is 22.6 Å². The van der Waals surface area contributed by atoms with Gasteiger partial charge in [0.25, 0.3) is 0 Å². The predicted octanol–water partition coefficient (Wildman–Crippen LogP) is 4.08. The number of hydrogen-bond acceptors (Lipinski definition) is 4. The average molecular weight is 437 g/mol. The highest BCUT2D eigenvalue weighted by atomic mass is 79.9. The van der Waals surface area contributed by atoms with E-state index < -0.39 is 0 Å². The molecule has 3 heterocycles. The van der Waals surface area contributed by atoms with Gasteiger partial charge in [0.05, 0.1) is 0 Å².